The maximum absolute atomic E-state index is 12.6. The van der Waals surface area contributed by atoms with Crippen LogP contribution in [0.3, 0.4) is 0 Å². The molecule has 5 N–H and O–H groups in total. The van der Waals surface area contributed by atoms with Gasteiger partial charge in [-0.1, -0.05) is 58.4 Å². The third kappa shape index (κ3) is 5.56. The molecular weight excluding hydrogens is 548 g/mol. The van der Waals surface area contributed by atoms with Gasteiger partial charge in [-0.05, 0) is 105 Å². The first-order chi connectivity index (χ1) is 20.1. The van der Waals surface area contributed by atoms with Crippen LogP contribution in [0.4, 0.5) is 0 Å². The molecule has 1 unspecified atom stereocenters. The predicted octanol–water partition coefficient (Wildman–Crippen LogP) is 4.69. The number of rotatable bonds is 8. The zero-order valence-corrected chi connectivity index (χ0v) is 27.0. The monoisotopic (exact) mass is 604 g/mol. The Labute approximate surface area is 257 Å². The van der Waals surface area contributed by atoms with Crippen LogP contribution in [0.25, 0.3) is 0 Å². The highest BCUT2D eigenvalue weighted by molar-refractivity contribution is 5.70. The van der Waals surface area contributed by atoms with E-state index < -0.39 is 48.9 Å². The van der Waals surface area contributed by atoms with E-state index in [2.05, 4.69) is 47.3 Å². The normalized spacial score (nSPS) is 48.6. The van der Waals surface area contributed by atoms with Gasteiger partial charge in [0.05, 0.1) is 24.2 Å². The van der Waals surface area contributed by atoms with Crippen LogP contribution >= 0.6 is 0 Å². The number of carbonyl (C=O) groups is 1. The lowest BCUT2D eigenvalue weighted by Crippen LogP contribution is -2.61. The quantitative estimate of drug-likeness (QED) is 0.252. The number of fused-ring (bicyclic) bond motifs is 5. The Balaban J connectivity index is 1.34. The van der Waals surface area contributed by atoms with Crippen LogP contribution in [0, 0.1) is 52.3 Å². The second kappa shape index (κ2) is 12.1. The zero-order valence-electron chi connectivity index (χ0n) is 27.0. The molecule has 43 heavy (non-hydrogen) atoms. The number of allylic oxidation sites excluding steroid dienone is 3. The fourth-order valence-corrected chi connectivity index (χ4v) is 10.4. The summed E-state index contributed by atoms with van der Waals surface area (Å²) in [5, 5.41) is 52.8. The molecule has 8 nitrogen and oxygen atoms in total. The van der Waals surface area contributed by atoms with Gasteiger partial charge in [-0.25, -0.2) is 0 Å². The second-order valence-electron chi connectivity index (χ2n) is 15.6. The third-order valence-electron chi connectivity index (χ3n) is 13.1. The summed E-state index contributed by atoms with van der Waals surface area (Å²) in [6.45, 7) is 16.9. The Kier molecular flexibility index (Phi) is 9.34. The van der Waals surface area contributed by atoms with Crippen molar-refractivity contribution < 1.29 is 39.8 Å². The number of carboxylic acids is 1. The summed E-state index contributed by atoms with van der Waals surface area (Å²) in [5.41, 5.74) is 2.44. The van der Waals surface area contributed by atoms with Crippen LogP contribution in [0.1, 0.15) is 92.9 Å². The van der Waals surface area contributed by atoms with Gasteiger partial charge < -0.3 is 35.0 Å². The van der Waals surface area contributed by atoms with Crippen molar-refractivity contribution in [3.63, 3.8) is 0 Å². The summed E-state index contributed by atoms with van der Waals surface area (Å²) < 4.78 is 11.9. The standard InChI is InChI=1S/C35H56O8/c1-17(2)18(3)8-9-22(32(40)41)25-13-12-24-21-10-11-23-19(4)31(43-33-30(39)29(38)28(37)20(5)42-33)27(36)16-35(23,7)26(21)14-15-34(24,25)6/h10,17,19-20,22-31,33,36-39H,3,8-9,11-16H2,1-2,4-7H3,(H,40,41)/t19-,20-,22+,23?,24-,25+,26-,27+,28-,29+,30-,31+,33-,34-,35-/m0/s1. The van der Waals surface area contributed by atoms with Crippen molar-refractivity contribution in [3.05, 3.63) is 23.8 Å². The predicted molar refractivity (Wildman–Crippen MR) is 163 cm³/mol. The first kappa shape index (κ1) is 33.1. The maximum Gasteiger partial charge on any atom is 0.306 e. The van der Waals surface area contributed by atoms with E-state index in [0.29, 0.717) is 30.6 Å². The van der Waals surface area contributed by atoms with E-state index >= 15 is 0 Å². The lowest BCUT2D eigenvalue weighted by Gasteiger charge is -2.60. The molecule has 0 aromatic carbocycles. The molecule has 244 valence electrons. The summed E-state index contributed by atoms with van der Waals surface area (Å²) in [6.07, 6.45) is 2.10. The molecule has 0 spiro atoms. The molecule has 0 aromatic heterocycles. The van der Waals surface area contributed by atoms with Gasteiger partial charge in [-0.3, -0.25) is 4.79 Å². The molecule has 8 heteroatoms. The zero-order chi connectivity index (χ0) is 31.6. The number of aliphatic hydroxyl groups is 4. The molecule has 0 amide bonds. The lowest BCUT2D eigenvalue weighted by molar-refractivity contribution is -0.323. The highest BCUT2D eigenvalue weighted by atomic mass is 16.7. The van der Waals surface area contributed by atoms with E-state index in [9.17, 15) is 30.3 Å². The average Bonchev–Trinajstić information content (AvgIpc) is 3.29. The van der Waals surface area contributed by atoms with E-state index in [1.165, 1.54) is 5.57 Å². The fraction of sp³-hybridized carbons (Fsp3) is 0.857. The Bertz CT molecular complexity index is 1090. The number of aliphatic carboxylic acids is 1. The fourth-order valence-electron chi connectivity index (χ4n) is 10.4. The topological polar surface area (TPSA) is 137 Å². The summed E-state index contributed by atoms with van der Waals surface area (Å²) in [6, 6.07) is 0. The van der Waals surface area contributed by atoms with Crippen LogP contribution in [0.15, 0.2) is 23.8 Å². The number of ether oxygens (including phenoxy) is 2. The van der Waals surface area contributed by atoms with Crippen molar-refractivity contribution in [2.75, 3.05) is 0 Å². The largest absolute Gasteiger partial charge is 0.481 e. The van der Waals surface area contributed by atoms with Gasteiger partial charge in [0, 0.05) is 0 Å². The van der Waals surface area contributed by atoms with Crippen molar-refractivity contribution in [1.82, 2.24) is 0 Å². The summed E-state index contributed by atoms with van der Waals surface area (Å²) in [5.74, 6) is 0.422. The van der Waals surface area contributed by atoms with E-state index in [0.717, 1.165) is 44.1 Å². The number of hydrogen-bond donors (Lipinski definition) is 5. The van der Waals surface area contributed by atoms with Gasteiger partial charge >= 0.3 is 5.97 Å². The average molecular weight is 605 g/mol. The molecular formula is C35H56O8. The summed E-state index contributed by atoms with van der Waals surface area (Å²) >= 11 is 0. The smallest absolute Gasteiger partial charge is 0.306 e. The van der Waals surface area contributed by atoms with E-state index in [4.69, 9.17) is 9.47 Å². The molecule has 0 aromatic rings. The molecule has 15 atom stereocenters. The molecule has 0 radical (unpaired) electrons. The SMILES string of the molecule is C=C(CC[C@@H](C(=O)O)[C@H]1CC[C@H]2C3=CCC4[C@H](C)[C@@H](O[C@@H]5O[C@@H](C)[C@H](O)[C@@H](O)[C@@H]5O)[C@H](O)C[C@]4(C)[C@H]3CC[C@]12C)C(C)C. The van der Waals surface area contributed by atoms with Crippen molar-refractivity contribution in [2.24, 2.45) is 52.3 Å². The van der Waals surface area contributed by atoms with Crippen molar-refractivity contribution in [2.45, 2.75) is 136 Å². The molecule has 1 saturated heterocycles. The second-order valence-corrected chi connectivity index (χ2v) is 15.6. The van der Waals surface area contributed by atoms with Crippen LogP contribution < -0.4 is 0 Å². The summed E-state index contributed by atoms with van der Waals surface area (Å²) in [4.78, 5) is 12.6. The first-order valence-electron chi connectivity index (χ1n) is 16.7. The molecule has 0 bridgehead atoms. The van der Waals surface area contributed by atoms with Gasteiger partial charge in [-0.2, -0.15) is 0 Å². The van der Waals surface area contributed by atoms with Crippen molar-refractivity contribution in [3.8, 4) is 0 Å². The minimum atomic E-state index is -1.40. The number of aliphatic hydroxyl groups excluding tert-OH is 4. The Morgan fingerprint density at radius 1 is 1.05 bits per heavy atom. The molecule has 5 rings (SSSR count). The molecule has 1 heterocycles. The Morgan fingerprint density at radius 3 is 2.37 bits per heavy atom. The molecule has 3 saturated carbocycles. The van der Waals surface area contributed by atoms with Crippen molar-refractivity contribution >= 4 is 5.97 Å². The minimum Gasteiger partial charge on any atom is -0.481 e. The molecule has 4 fully saturated rings. The van der Waals surface area contributed by atoms with Crippen LogP contribution in [0.5, 0.6) is 0 Å². The van der Waals surface area contributed by atoms with Crippen LogP contribution in [-0.4, -0.2) is 74.4 Å². The highest BCUT2D eigenvalue weighted by Crippen LogP contribution is 2.67. The van der Waals surface area contributed by atoms with E-state index in [-0.39, 0.29) is 34.5 Å². The Hall–Kier alpha value is -1.29. The highest BCUT2D eigenvalue weighted by Gasteiger charge is 2.62. The van der Waals surface area contributed by atoms with Gasteiger partial charge in [0.1, 0.15) is 18.3 Å². The van der Waals surface area contributed by atoms with Gasteiger partial charge in [0.2, 0.25) is 0 Å². The number of carboxylic acid groups (broad SMARTS) is 1. The van der Waals surface area contributed by atoms with Crippen molar-refractivity contribution in [1.29, 1.82) is 0 Å². The molecule has 1 aliphatic heterocycles. The lowest BCUT2D eigenvalue weighted by atomic mass is 9.46. The van der Waals surface area contributed by atoms with Gasteiger partial charge in [0.25, 0.3) is 0 Å². The van der Waals surface area contributed by atoms with E-state index in [1.807, 2.05) is 0 Å². The molecule has 4 aliphatic carbocycles. The van der Waals surface area contributed by atoms with Gasteiger partial charge in [-0.15, -0.1) is 0 Å². The molecule has 5 aliphatic rings. The number of hydrogen-bond acceptors (Lipinski definition) is 7. The van der Waals surface area contributed by atoms with Crippen LogP contribution in [0.2, 0.25) is 0 Å². The minimum absolute atomic E-state index is 0.0169. The van der Waals surface area contributed by atoms with E-state index in [1.54, 1.807) is 6.92 Å². The Morgan fingerprint density at radius 2 is 1.72 bits per heavy atom. The third-order valence-corrected chi connectivity index (χ3v) is 13.1. The maximum atomic E-state index is 12.6. The summed E-state index contributed by atoms with van der Waals surface area (Å²) in [7, 11) is 0. The van der Waals surface area contributed by atoms with Gasteiger partial charge in [0.15, 0.2) is 6.29 Å². The van der Waals surface area contributed by atoms with Crippen LogP contribution in [-0.2, 0) is 14.3 Å². The first-order valence-corrected chi connectivity index (χ1v) is 16.7.